The molecule has 1 saturated carbocycles. The highest BCUT2D eigenvalue weighted by atomic mass is 16.2. The lowest BCUT2D eigenvalue weighted by molar-refractivity contribution is 0.222. The minimum absolute atomic E-state index is 0.0359. The second-order valence-electron chi connectivity index (χ2n) is 5.31. The van der Waals surface area contributed by atoms with Gasteiger partial charge in [-0.2, -0.15) is 0 Å². The largest absolute Gasteiger partial charge is 0.338 e. The molecule has 1 aliphatic carbocycles. The van der Waals surface area contributed by atoms with Crippen molar-refractivity contribution in [2.24, 2.45) is 0 Å². The van der Waals surface area contributed by atoms with Gasteiger partial charge in [0, 0.05) is 0 Å². The summed E-state index contributed by atoms with van der Waals surface area (Å²) in [7, 11) is 0. The van der Waals surface area contributed by atoms with E-state index in [1.807, 2.05) is 31.2 Å². The van der Waals surface area contributed by atoms with Gasteiger partial charge in [0.05, 0.1) is 5.69 Å². The molecule has 2 amide bonds. The minimum atomic E-state index is -0.211. The molecular formula is C14H19N3O. The first-order chi connectivity index (χ1) is 8.70. The van der Waals surface area contributed by atoms with E-state index < -0.39 is 0 Å². The number of urea groups is 1. The van der Waals surface area contributed by atoms with E-state index in [1.165, 1.54) is 19.3 Å². The summed E-state index contributed by atoms with van der Waals surface area (Å²) in [6.45, 7) is 2.02. The van der Waals surface area contributed by atoms with Gasteiger partial charge in [-0.15, -0.1) is 0 Å². The van der Waals surface area contributed by atoms with Crippen LogP contribution in [0.2, 0.25) is 0 Å². The Bertz CT molecular complexity index is 466. The second kappa shape index (κ2) is 4.28. The van der Waals surface area contributed by atoms with Gasteiger partial charge in [0.15, 0.2) is 0 Å². The van der Waals surface area contributed by atoms with Gasteiger partial charge in [0.2, 0.25) is 0 Å². The van der Waals surface area contributed by atoms with E-state index in [0.717, 1.165) is 24.1 Å². The van der Waals surface area contributed by atoms with Crippen LogP contribution in [0, 0.1) is 6.92 Å². The number of rotatable bonds is 1. The highest BCUT2D eigenvalue weighted by Gasteiger charge is 2.43. The highest BCUT2D eigenvalue weighted by molar-refractivity contribution is 5.94. The Morgan fingerprint density at radius 2 is 1.89 bits per heavy atom. The molecule has 2 fully saturated rings. The number of nitrogens with one attached hydrogen (secondary N) is 2. The van der Waals surface area contributed by atoms with Crippen molar-refractivity contribution in [1.29, 1.82) is 0 Å². The minimum Gasteiger partial charge on any atom is -0.317 e. The second-order valence-corrected chi connectivity index (χ2v) is 5.31. The Labute approximate surface area is 107 Å². The maximum Gasteiger partial charge on any atom is 0.338 e. The smallest absolute Gasteiger partial charge is 0.317 e. The van der Waals surface area contributed by atoms with Crippen LogP contribution >= 0.6 is 0 Å². The zero-order chi connectivity index (χ0) is 12.6. The van der Waals surface area contributed by atoms with E-state index in [1.54, 1.807) is 5.01 Å². The molecule has 0 unspecified atom stereocenters. The topological polar surface area (TPSA) is 44.4 Å². The number of hydrogen-bond acceptors (Lipinski definition) is 2. The van der Waals surface area contributed by atoms with Gasteiger partial charge in [-0.3, -0.25) is 0 Å². The molecule has 2 aliphatic rings. The Morgan fingerprint density at radius 1 is 1.17 bits per heavy atom. The molecule has 1 saturated heterocycles. The summed E-state index contributed by atoms with van der Waals surface area (Å²) in [6.07, 6.45) is 5.65. The molecule has 1 heterocycles. The van der Waals surface area contributed by atoms with Crippen molar-refractivity contribution < 1.29 is 4.79 Å². The molecule has 4 heteroatoms. The lowest BCUT2D eigenvalue weighted by Gasteiger charge is -2.33. The first-order valence-electron chi connectivity index (χ1n) is 6.66. The fraction of sp³-hybridized carbons (Fsp3) is 0.500. The molecule has 4 nitrogen and oxygen atoms in total. The number of amides is 2. The molecule has 96 valence electrons. The standard InChI is InChI=1S/C14H19N3O/c1-11-7-3-4-8-12(11)17-13(18)15-14(16-17)9-5-2-6-10-14/h3-4,7-8,16H,2,5-6,9-10H2,1H3,(H,15,18). The number of hydrogen-bond donors (Lipinski definition) is 2. The van der Waals surface area contributed by atoms with E-state index in [4.69, 9.17) is 0 Å². The summed E-state index contributed by atoms with van der Waals surface area (Å²) in [4.78, 5) is 12.2. The molecule has 1 spiro atoms. The summed E-state index contributed by atoms with van der Waals surface area (Å²) in [5, 5.41) is 4.79. The average Bonchev–Trinajstić information content (AvgIpc) is 2.67. The quantitative estimate of drug-likeness (QED) is 0.799. The number of hydrazine groups is 1. The van der Waals surface area contributed by atoms with Crippen molar-refractivity contribution in [3.05, 3.63) is 29.8 Å². The molecule has 2 N–H and O–H groups in total. The Kier molecular flexibility index (Phi) is 2.74. The van der Waals surface area contributed by atoms with Gasteiger partial charge in [-0.25, -0.2) is 15.2 Å². The summed E-state index contributed by atoms with van der Waals surface area (Å²) in [5.41, 5.74) is 5.22. The lowest BCUT2D eigenvalue weighted by Crippen LogP contribution is -2.52. The van der Waals surface area contributed by atoms with Crippen molar-refractivity contribution in [1.82, 2.24) is 10.7 Å². The lowest BCUT2D eigenvalue weighted by atomic mass is 9.90. The van der Waals surface area contributed by atoms with Gasteiger partial charge in [0.25, 0.3) is 0 Å². The van der Waals surface area contributed by atoms with Crippen LogP contribution in [0.5, 0.6) is 0 Å². The first-order valence-corrected chi connectivity index (χ1v) is 6.66. The van der Waals surface area contributed by atoms with Crippen LogP contribution in [0.3, 0.4) is 0 Å². The molecule has 0 atom stereocenters. The predicted octanol–water partition coefficient (Wildman–Crippen LogP) is 2.69. The molecule has 0 aromatic heterocycles. The van der Waals surface area contributed by atoms with Crippen LogP contribution in [0.1, 0.15) is 37.7 Å². The van der Waals surface area contributed by atoms with E-state index >= 15 is 0 Å². The van der Waals surface area contributed by atoms with Gasteiger partial charge < -0.3 is 5.32 Å². The SMILES string of the molecule is Cc1ccccc1N1NC2(CCCCC2)NC1=O. The monoisotopic (exact) mass is 245 g/mol. The molecule has 18 heavy (non-hydrogen) atoms. The average molecular weight is 245 g/mol. The fourth-order valence-corrected chi connectivity index (χ4v) is 2.93. The van der Waals surface area contributed by atoms with Crippen LogP contribution in [0.4, 0.5) is 10.5 Å². The molecule has 1 aliphatic heterocycles. The van der Waals surface area contributed by atoms with Crippen LogP contribution < -0.4 is 15.8 Å². The van der Waals surface area contributed by atoms with Gasteiger partial charge in [-0.1, -0.05) is 24.6 Å². The number of carbonyl (C=O) groups excluding carboxylic acids is 1. The fourth-order valence-electron chi connectivity index (χ4n) is 2.93. The zero-order valence-corrected chi connectivity index (χ0v) is 10.7. The Morgan fingerprint density at radius 3 is 2.61 bits per heavy atom. The van der Waals surface area contributed by atoms with E-state index in [-0.39, 0.29) is 11.7 Å². The molecule has 0 bridgehead atoms. The van der Waals surface area contributed by atoms with Crippen molar-refractivity contribution in [3.8, 4) is 0 Å². The van der Waals surface area contributed by atoms with Gasteiger partial charge in [-0.05, 0) is 44.2 Å². The maximum absolute atomic E-state index is 12.2. The van der Waals surface area contributed by atoms with Crippen molar-refractivity contribution >= 4 is 11.7 Å². The van der Waals surface area contributed by atoms with E-state index in [0.29, 0.717) is 0 Å². The highest BCUT2D eigenvalue weighted by Crippen LogP contribution is 2.31. The summed E-state index contributed by atoms with van der Waals surface area (Å²) in [6, 6.07) is 7.91. The summed E-state index contributed by atoms with van der Waals surface area (Å²) < 4.78 is 0. The molecule has 1 aromatic rings. The third-order valence-corrected chi connectivity index (χ3v) is 3.94. The third-order valence-electron chi connectivity index (χ3n) is 3.94. The number of aryl methyl sites for hydroxylation is 1. The number of carbonyl (C=O) groups is 1. The maximum atomic E-state index is 12.2. The number of benzene rings is 1. The Balaban J connectivity index is 1.87. The van der Waals surface area contributed by atoms with Crippen LogP contribution in [-0.4, -0.2) is 11.7 Å². The summed E-state index contributed by atoms with van der Waals surface area (Å²) in [5.74, 6) is 0. The number of para-hydroxylation sites is 1. The van der Waals surface area contributed by atoms with E-state index in [2.05, 4.69) is 10.7 Å². The van der Waals surface area contributed by atoms with E-state index in [9.17, 15) is 4.79 Å². The molecule has 0 radical (unpaired) electrons. The van der Waals surface area contributed by atoms with Gasteiger partial charge in [0.1, 0.15) is 5.66 Å². The molecule has 3 rings (SSSR count). The van der Waals surface area contributed by atoms with Crippen molar-refractivity contribution in [2.75, 3.05) is 5.01 Å². The Hall–Kier alpha value is -1.55. The van der Waals surface area contributed by atoms with Crippen molar-refractivity contribution in [2.45, 2.75) is 44.7 Å². The van der Waals surface area contributed by atoms with Gasteiger partial charge >= 0.3 is 6.03 Å². The van der Waals surface area contributed by atoms with Crippen LogP contribution in [0.15, 0.2) is 24.3 Å². The van der Waals surface area contributed by atoms with Crippen LogP contribution in [-0.2, 0) is 0 Å². The molecule has 1 aromatic carbocycles. The van der Waals surface area contributed by atoms with Crippen molar-refractivity contribution in [3.63, 3.8) is 0 Å². The first kappa shape index (κ1) is 11.5. The summed E-state index contributed by atoms with van der Waals surface area (Å²) >= 11 is 0. The zero-order valence-electron chi connectivity index (χ0n) is 10.7. The number of anilines is 1. The molecular weight excluding hydrogens is 226 g/mol. The normalized spacial score (nSPS) is 22.3. The van der Waals surface area contributed by atoms with Crippen LogP contribution in [0.25, 0.3) is 0 Å². The third kappa shape index (κ3) is 1.86. The predicted molar refractivity (Wildman–Crippen MR) is 71.1 cm³/mol. The number of nitrogens with zero attached hydrogens (tertiary/aromatic N) is 1.